The molecule has 0 saturated heterocycles. The SMILES string of the molecule is CC.CC.CSNC(CCCCNC(=O)OCCN(N)/C1=C(\N)c2ccccc2N(C(C)=O)Cc2ccccc21)C(C)=O. The summed E-state index contributed by atoms with van der Waals surface area (Å²) in [6, 6.07) is 14.9. The molecule has 0 spiro atoms. The average molecular weight is 615 g/mol. The molecule has 2 amide bonds. The van der Waals surface area contributed by atoms with E-state index in [0.717, 1.165) is 24.0 Å². The van der Waals surface area contributed by atoms with Gasteiger partial charge >= 0.3 is 6.09 Å². The molecule has 3 rings (SSSR count). The highest BCUT2D eigenvalue weighted by atomic mass is 32.2. The van der Waals surface area contributed by atoms with Crippen LogP contribution in [0.25, 0.3) is 11.4 Å². The molecule has 1 aliphatic rings. The second-order valence-electron chi connectivity index (χ2n) is 9.28. The second kappa shape index (κ2) is 20.4. The number of nitrogens with one attached hydrogen (secondary N) is 2. The Morgan fingerprint density at radius 3 is 2.26 bits per heavy atom. The number of nitrogens with two attached hydrogens (primary N) is 2. The minimum atomic E-state index is -0.531. The van der Waals surface area contributed by atoms with E-state index in [2.05, 4.69) is 10.0 Å². The molecular weight excluding hydrogens is 564 g/mol. The van der Waals surface area contributed by atoms with E-state index in [1.165, 1.54) is 23.9 Å². The van der Waals surface area contributed by atoms with Gasteiger partial charge in [-0.15, -0.1) is 0 Å². The van der Waals surface area contributed by atoms with Crippen molar-refractivity contribution in [3.63, 3.8) is 0 Å². The van der Waals surface area contributed by atoms with Crippen LogP contribution in [0.1, 0.15) is 77.5 Å². The summed E-state index contributed by atoms with van der Waals surface area (Å²) in [5.41, 5.74) is 10.8. The third kappa shape index (κ3) is 11.2. The zero-order valence-corrected chi connectivity index (χ0v) is 27.6. The summed E-state index contributed by atoms with van der Waals surface area (Å²) in [6.07, 6.45) is 3.59. The molecule has 6 N–H and O–H groups in total. The molecule has 0 fully saturated rings. The van der Waals surface area contributed by atoms with Crippen molar-refractivity contribution in [3.05, 3.63) is 65.2 Å². The zero-order valence-electron chi connectivity index (χ0n) is 26.7. The molecule has 0 radical (unpaired) electrons. The number of unbranched alkanes of at least 4 members (excludes halogenated alkanes) is 1. The number of anilines is 1. The summed E-state index contributed by atoms with van der Waals surface area (Å²) in [5.74, 6) is 6.51. The summed E-state index contributed by atoms with van der Waals surface area (Å²) >= 11 is 1.42. The van der Waals surface area contributed by atoms with Gasteiger partial charge in [0.1, 0.15) is 12.4 Å². The molecule has 0 saturated carbocycles. The van der Waals surface area contributed by atoms with Crippen LogP contribution in [-0.4, -0.2) is 54.8 Å². The number of carbonyl (C=O) groups is 3. The Bertz CT molecular complexity index is 1210. The van der Waals surface area contributed by atoms with Crippen LogP contribution in [-0.2, 0) is 20.9 Å². The molecule has 238 valence electrons. The zero-order chi connectivity index (χ0) is 32.4. The molecule has 10 nitrogen and oxygen atoms in total. The van der Waals surface area contributed by atoms with Crippen LogP contribution in [0.3, 0.4) is 0 Å². The van der Waals surface area contributed by atoms with E-state index < -0.39 is 6.09 Å². The van der Waals surface area contributed by atoms with Crippen molar-refractivity contribution < 1.29 is 19.1 Å². The molecule has 2 aromatic rings. The third-order valence-corrected chi connectivity index (χ3v) is 7.03. The molecule has 43 heavy (non-hydrogen) atoms. The molecule has 1 aliphatic heterocycles. The van der Waals surface area contributed by atoms with Crippen LogP contribution in [0, 0.1) is 0 Å². The number of hydrogen-bond donors (Lipinski definition) is 4. The Morgan fingerprint density at radius 2 is 1.63 bits per heavy atom. The maximum absolute atomic E-state index is 12.5. The van der Waals surface area contributed by atoms with Gasteiger partial charge in [0.15, 0.2) is 0 Å². The number of hydrazine groups is 1. The van der Waals surface area contributed by atoms with Crippen molar-refractivity contribution in [2.45, 2.75) is 73.4 Å². The van der Waals surface area contributed by atoms with Crippen LogP contribution in [0.2, 0.25) is 0 Å². The number of Topliss-reactive ketones (excluding diaryl/α,β-unsaturated/α-hetero) is 1. The predicted octanol–water partition coefficient (Wildman–Crippen LogP) is 5.29. The van der Waals surface area contributed by atoms with Gasteiger partial charge in [-0.05, 0) is 44.1 Å². The van der Waals surface area contributed by atoms with Gasteiger partial charge < -0.3 is 25.7 Å². The fraction of sp³-hybridized carbons (Fsp3) is 0.469. The number of nitrogens with zero attached hydrogens (tertiary/aromatic N) is 2. The third-order valence-electron chi connectivity index (χ3n) is 6.51. The van der Waals surface area contributed by atoms with Crippen molar-refractivity contribution >= 4 is 46.8 Å². The molecule has 0 aliphatic carbocycles. The number of para-hydroxylation sites is 1. The van der Waals surface area contributed by atoms with Gasteiger partial charge in [-0.2, -0.15) is 0 Å². The van der Waals surface area contributed by atoms with E-state index in [9.17, 15) is 14.4 Å². The summed E-state index contributed by atoms with van der Waals surface area (Å²) in [5, 5.41) is 4.23. The lowest BCUT2D eigenvalue weighted by Gasteiger charge is -2.32. The minimum absolute atomic E-state index is 0.0482. The number of ether oxygens (including phenoxy) is 1. The summed E-state index contributed by atoms with van der Waals surface area (Å²) < 4.78 is 8.43. The number of fused-ring (bicyclic) bond motifs is 2. The van der Waals surface area contributed by atoms with Gasteiger partial charge in [-0.1, -0.05) is 82.1 Å². The Morgan fingerprint density at radius 1 is 1.00 bits per heavy atom. The number of benzene rings is 2. The predicted molar refractivity (Wildman–Crippen MR) is 179 cm³/mol. The Kier molecular flexibility index (Phi) is 17.8. The molecule has 1 unspecified atom stereocenters. The number of carbonyl (C=O) groups excluding carboxylic acids is 3. The second-order valence-corrected chi connectivity index (χ2v) is 9.92. The van der Waals surface area contributed by atoms with Crippen LogP contribution in [0.4, 0.5) is 10.5 Å². The first kappa shape index (κ1) is 37.5. The van der Waals surface area contributed by atoms with E-state index >= 15 is 0 Å². The molecule has 0 aromatic heterocycles. The molecule has 1 atom stereocenters. The van der Waals surface area contributed by atoms with Crippen molar-refractivity contribution in [2.75, 3.05) is 30.9 Å². The minimum Gasteiger partial charge on any atom is -0.448 e. The highest BCUT2D eigenvalue weighted by Gasteiger charge is 2.26. The lowest BCUT2D eigenvalue weighted by atomic mass is 9.95. The van der Waals surface area contributed by atoms with Crippen LogP contribution in [0.15, 0.2) is 48.5 Å². The molecule has 11 heteroatoms. The maximum atomic E-state index is 12.5. The number of ketones is 1. The number of hydrogen-bond acceptors (Lipinski definition) is 9. The summed E-state index contributed by atoms with van der Waals surface area (Å²) in [4.78, 5) is 38.0. The Labute approximate surface area is 261 Å². The lowest BCUT2D eigenvalue weighted by molar-refractivity contribution is -0.118. The van der Waals surface area contributed by atoms with Crippen LogP contribution >= 0.6 is 11.9 Å². The van der Waals surface area contributed by atoms with E-state index in [1.54, 1.807) is 11.8 Å². The van der Waals surface area contributed by atoms with E-state index in [4.69, 9.17) is 16.3 Å². The van der Waals surface area contributed by atoms with Crippen molar-refractivity contribution in [3.8, 4) is 0 Å². The normalized spacial score (nSPS) is 14.2. The van der Waals surface area contributed by atoms with Crippen molar-refractivity contribution in [1.82, 2.24) is 15.0 Å². The quantitative estimate of drug-likeness (QED) is 0.109. The summed E-state index contributed by atoms with van der Waals surface area (Å²) in [6.45, 7) is 12.2. The van der Waals surface area contributed by atoms with Gasteiger partial charge in [-0.25, -0.2) is 10.6 Å². The first-order valence-electron chi connectivity index (χ1n) is 14.9. The van der Waals surface area contributed by atoms with Gasteiger partial charge in [-0.3, -0.25) is 14.3 Å². The van der Waals surface area contributed by atoms with Crippen LogP contribution in [0.5, 0.6) is 0 Å². The highest BCUT2D eigenvalue weighted by molar-refractivity contribution is 7.96. The highest BCUT2D eigenvalue weighted by Crippen LogP contribution is 2.36. The van der Waals surface area contributed by atoms with E-state index in [0.29, 0.717) is 42.2 Å². The topological polar surface area (TPSA) is 143 Å². The fourth-order valence-corrected chi connectivity index (χ4v) is 5.06. The average Bonchev–Trinajstić information content (AvgIpc) is 3.01. The van der Waals surface area contributed by atoms with Crippen molar-refractivity contribution in [1.29, 1.82) is 0 Å². The molecule has 2 aromatic carbocycles. The van der Waals surface area contributed by atoms with Crippen LogP contribution < -0.4 is 26.5 Å². The number of alkyl carbamates (subject to hydrolysis) is 1. The smallest absolute Gasteiger partial charge is 0.407 e. The largest absolute Gasteiger partial charge is 0.448 e. The summed E-state index contributed by atoms with van der Waals surface area (Å²) in [7, 11) is 0. The van der Waals surface area contributed by atoms with Crippen molar-refractivity contribution in [2.24, 2.45) is 11.6 Å². The fourth-order valence-electron chi connectivity index (χ4n) is 4.50. The standard InChI is InChI=1S/C28H38N6O4S.2C2H6/c1-19(35)24(32-39-3)13-8-9-15-31-28(37)38-17-16-34(30)27-22-11-5-4-10-21(22)18-33(20(2)36)25-14-7-6-12-23(25)26(27)29;2*1-2/h4-7,10-12,14,24,32H,8-9,13,15-18,29-30H2,1-3H3,(H,31,37);2*1-2H3/b27-26-;;. The monoisotopic (exact) mass is 614 g/mol. The Balaban J connectivity index is 0.00000221. The molecule has 0 bridgehead atoms. The van der Waals surface area contributed by atoms with Gasteiger partial charge in [0, 0.05) is 24.6 Å². The number of rotatable bonds is 12. The number of amides is 2. The van der Waals surface area contributed by atoms with Gasteiger partial charge in [0.25, 0.3) is 0 Å². The maximum Gasteiger partial charge on any atom is 0.407 e. The van der Waals surface area contributed by atoms with E-state index in [1.807, 2.05) is 82.5 Å². The first-order valence-corrected chi connectivity index (χ1v) is 16.1. The van der Waals surface area contributed by atoms with Gasteiger partial charge in [0.05, 0.1) is 36.2 Å². The first-order chi connectivity index (χ1) is 20.7. The van der Waals surface area contributed by atoms with Gasteiger partial charge in [0.2, 0.25) is 5.91 Å². The lowest BCUT2D eigenvalue weighted by Crippen LogP contribution is -2.38. The molecular formula is C32H50N6O4S. The Hall–Kier alpha value is -3.54. The molecule has 1 heterocycles. The van der Waals surface area contributed by atoms with E-state index in [-0.39, 0.29) is 30.9 Å².